The molecule has 2 aliphatic heterocycles. The predicted molar refractivity (Wildman–Crippen MR) is 87.1 cm³/mol. The van der Waals surface area contributed by atoms with Gasteiger partial charge in [0.15, 0.2) is 0 Å². The first-order chi connectivity index (χ1) is 11.6. The molecule has 2 amide bonds. The van der Waals surface area contributed by atoms with Crippen molar-refractivity contribution in [3.8, 4) is 0 Å². The van der Waals surface area contributed by atoms with E-state index in [1.807, 2.05) is 0 Å². The molecule has 1 N–H and O–H groups in total. The summed E-state index contributed by atoms with van der Waals surface area (Å²) in [5.41, 5.74) is 0.630. The van der Waals surface area contributed by atoms with Gasteiger partial charge >= 0.3 is 0 Å². The molecule has 0 bridgehead atoms. The van der Waals surface area contributed by atoms with E-state index >= 15 is 0 Å². The van der Waals surface area contributed by atoms with Crippen LogP contribution in [-0.2, 0) is 14.3 Å². The first-order valence-electron chi connectivity index (χ1n) is 8.30. The lowest BCUT2D eigenvalue weighted by atomic mass is 10.1. The normalized spacial score (nSPS) is 22.0. The SMILES string of the molecule is O=C(NCCN1CCOCC1)[C@H]1CCN(c2ccc(F)cc2)C1=O. The van der Waals surface area contributed by atoms with Gasteiger partial charge in [0.05, 0.1) is 13.2 Å². The Hall–Kier alpha value is -1.99. The summed E-state index contributed by atoms with van der Waals surface area (Å²) in [7, 11) is 0. The lowest BCUT2D eigenvalue weighted by Crippen LogP contribution is -2.43. The summed E-state index contributed by atoms with van der Waals surface area (Å²) >= 11 is 0. The second-order valence-corrected chi connectivity index (χ2v) is 6.05. The van der Waals surface area contributed by atoms with Crippen molar-refractivity contribution >= 4 is 17.5 Å². The minimum atomic E-state index is -0.653. The van der Waals surface area contributed by atoms with Crippen LogP contribution in [0.1, 0.15) is 6.42 Å². The van der Waals surface area contributed by atoms with Gasteiger partial charge in [-0.15, -0.1) is 0 Å². The Morgan fingerprint density at radius 1 is 1.21 bits per heavy atom. The Morgan fingerprint density at radius 2 is 1.92 bits per heavy atom. The van der Waals surface area contributed by atoms with Gasteiger partial charge in [-0.3, -0.25) is 14.5 Å². The number of amides is 2. The number of ether oxygens (including phenoxy) is 1. The monoisotopic (exact) mass is 335 g/mol. The molecule has 2 fully saturated rings. The highest BCUT2D eigenvalue weighted by Crippen LogP contribution is 2.25. The third-order valence-corrected chi connectivity index (χ3v) is 4.49. The maximum atomic E-state index is 13.0. The Labute approximate surface area is 140 Å². The Bertz CT molecular complexity index is 587. The largest absolute Gasteiger partial charge is 0.379 e. The Kier molecular flexibility index (Phi) is 5.42. The fraction of sp³-hybridized carbons (Fsp3) is 0.529. The van der Waals surface area contributed by atoms with E-state index in [-0.39, 0.29) is 17.6 Å². The van der Waals surface area contributed by atoms with Crippen molar-refractivity contribution < 1.29 is 18.7 Å². The topological polar surface area (TPSA) is 61.9 Å². The first-order valence-corrected chi connectivity index (χ1v) is 8.30. The quantitative estimate of drug-likeness (QED) is 0.802. The number of carbonyl (C=O) groups is 2. The minimum absolute atomic E-state index is 0.217. The van der Waals surface area contributed by atoms with E-state index in [0.717, 1.165) is 32.8 Å². The molecule has 1 aromatic rings. The lowest BCUT2D eigenvalue weighted by molar-refractivity contribution is -0.132. The zero-order valence-corrected chi connectivity index (χ0v) is 13.5. The molecular weight excluding hydrogens is 313 g/mol. The van der Waals surface area contributed by atoms with Crippen LogP contribution in [0.5, 0.6) is 0 Å². The zero-order valence-electron chi connectivity index (χ0n) is 13.5. The highest BCUT2D eigenvalue weighted by molar-refractivity contribution is 6.09. The van der Waals surface area contributed by atoms with Gasteiger partial charge in [-0.2, -0.15) is 0 Å². The fourth-order valence-electron chi connectivity index (χ4n) is 3.09. The van der Waals surface area contributed by atoms with E-state index in [1.54, 1.807) is 17.0 Å². The van der Waals surface area contributed by atoms with Crippen molar-refractivity contribution in [3.63, 3.8) is 0 Å². The van der Waals surface area contributed by atoms with Crippen LogP contribution in [-0.4, -0.2) is 62.7 Å². The molecule has 2 heterocycles. The summed E-state index contributed by atoms with van der Waals surface area (Å²) in [4.78, 5) is 28.5. The van der Waals surface area contributed by atoms with Gasteiger partial charge < -0.3 is 15.0 Å². The van der Waals surface area contributed by atoms with E-state index in [9.17, 15) is 14.0 Å². The second kappa shape index (κ2) is 7.72. The smallest absolute Gasteiger partial charge is 0.239 e. The number of anilines is 1. The highest BCUT2D eigenvalue weighted by atomic mass is 19.1. The molecule has 2 aliphatic rings. The maximum absolute atomic E-state index is 13.0. The Balaban J connectivity index is 1.49. The molecule has 0 aliphatic carbocycles. The van der Waals surface area contributed by atoms with E-state index in [4.69, 9.17) is 4.74 Å². The number of morpholine rings is 1. The molecule has 6 nitrogen and oxygen atoms in total. The molecule has 7 heteroatoms. The van der Waals surface area contributed by atoms with Crippen LogP contribution < -0.4 is 10.2 Å². The summed E-state index contributed by atoms with van der Waals surface area (Å²) in [6.07, 6.45) is 0.486. The van der Waals surface area contributed by atoms with Crippen molar-refractivity contribution in [3.05, 3.63) is 30.1 Å². The summed E-state index contributed by atoms with van der Waals surface area (Å²) < 4.78 is 18.3. The van der Waals surface area contributed by atoms with Gasteiger partial charge in [0.2, 0.25) is 11.8 Å². The lowest BCUT2D eigenvalue weighted by Gasteiger charge is -2.26. The molecule has 1 atom stereocenters. The van der Waals surface area contributed by atoms with Gasteiger partial charge in [-0.25, -0.2) is 4.39 Å². The fourth-order valence-corrected chi connectivity index (χ4v) is 3.09. The molecule has 130 valence electrons. The molecule has 0 aromatic heterocycles. The van der Waals surface area contributed by atoms with Gasteiger partial charge in [-0.1, -0.05) is 0 Å². The molecule has 0 unspecified atom stereocenters. The van der Waals surface area contributed by atoms with E-state index in [1.165, 1.54) is 12.1 Å². The average Bonchev–Trinajstić information content (AvgIpc) is 2.98. The minimum Gasteiger partial charge on any atom is -0.379 e. The van der Waals surface area contributed by atoms with E-state index in [2.05, 4.69) is 10.2 Å². The van der Waals surface area contributed by atoms with Crippen molar-refractivity contribution in [1.29, 1.82) is 0 Å². The number of hydrogen-bond acceptors (Lipinski definition) is 4. The number of nitrogens with one attached hydrogen (secondary N) is 1. The number of hydrogen-bond donors (Lipinski definition) is 1. The number of carbonyl (C=O) groups excluding carboxylic acids is 2. The summed E-state index contributed by atoms with van der Waals surface area (Å²) in [6.45, 7) is 4.96. The molecular formula is C17H22FN3O3. The van der Waals surface area contributed by atoms with Gasteiger partial charge in [0.25, 0.3) is 0 Å². The Morgan fingerprint density at radius 3 is 2.62 bits per heavy atom. The molecule has 2 saturated heterocycles. The van der Waals surface area contributed by atoms with Crippen LogP contribution >= 0.6 is 0 Å². The number of benzene rings is 1. The summed E-state index contributed by atoms with van der Waals surface area (Å²) in [5.74, 6) is -1.44. The van der Waals surface area contributed by atoms with Crippen molar-refractivity contribution in [1.82, 2.24) is 10.2 Å². The number of halogens is 1. The zero-order chi connectivity index (χ0) is 16.9. The van der Waals surface area contributed by atoms with E-state index in [0.29, 0.717) is 25.2 Å². The van der Waals surface area contributed by atoms with Crippen molar-refractivity contribution in [2.45, 2.75) is 6.42 Å². The van der Waals surface area contributed by atoms with Crippen LogP contribution in [0.15, 0.2) is 24.3 Å². The maximum Gasteiger partial charge on any atom is 0.239 e. The van der Waals surface area contributed by atoms with Gasteiger partial charge in [0.1, 0.15) is 11.7 Å². The van der Waals surface area contributed by atoms with Crippen LogP contribution in [0.4, 0.5) is 10.1 Å². The number of nitrogens with zero attached hydrogens (tertiary/aromatic N) is 2. The predicted octanol–water partition coefficient (Wildman–Crippen LogP) is 0.627. The van der Waals surface area contributed by atoms with Gasteiger partial charge in [-0.05, 0) is 30.7 Å². The third-order valence-electron chi connectivity index (χ3n) is 4.49. The van der Waals surface area contributed by atoms with E-state index < -0.39 is 5.92 Å². The molecule has 24 heavy (non-hydrogen) atoms. The van der Waals surface area contributed by atoms with Crippen LogP contribution in [0.3, 0.4) is 0 Å². The van der Waals surface area contributed by atoms with Crippen LogP contribution in [0, 0.1) is 11.7 Å². The summed E-state index contributed by atoms with van der Waals surface area (Å²) in [6, 6.07) is 5.76. The summed E-state index contributed by atoms with van der Waals surface area (Å²) in [5, 5.41) is 2.85. The standard InChI is InChI=1S/C17H22FN3O3/c18-13-1-3-14(4-2-13)21-7-5-15(17(21)23)16(22)19-6-8-20-9-11-24-12-10-20/h1-4,15H,5-12H2,(H,19,22)/t15-/m1/s1. The first kappa shape index (κ1) is 16.9. The van der Waals surface area contributed by atoms with Crippen LogP contribution in [0.25, 0.3) is 0 Å². The number of rotatable bonds is 5. The molecule has 1 aromatic carbocycles. The molecule has 0 saturated carbocycles. The van der Waals surface area contributed by atoms with Crippen molar-refractivity contribution in [2.75, 3.05) is 50.8 Å². The second-order valence-electron chi connectivity index (χ2n) is 6.05. The molecule has 0 radical (unpaired) electrons. The molecule has 0 spiro atoms. The molecule has 3 rings (SSSR count). The van der Waals surface area contributed by atoms with Gasteiger partial charge in [0, 0.05) is 38.4 Å². The van der Waals surface area contributed by atoms with Crippen molar-refractivity contribution in [2.24, 2.45) is 5.92 Å². The highest BCUT2D eigenvalue weighted by Gasteiger charge is 2.37. The van der Waals surface area contributed by atoms with Crippen LogP contribution in [0.2, 0.25) is 0 Å². The average molecular weight is 335 g/mol. The third kappa shape index (κ3) is 3.91.